The summed E-state index contributed by atoms with van der Waals surface area (Å²) >= 11 is 3.78. The fourth-order valence-electron chi connectivity index (χ4n) is 14.3. The summed E-state index contributed by atoms with van der Waals surface area (Å²) in [6, 6.07) is 105. The highest BCUT2D eigenvalue weighted by Crippen LogP contribution is 2.66. The van der Waals surface area contributed by atoms with Crippen molar-refractivity contribution in [1.82, 2.24) is 4.57 Å². The highest BCUT2D eigenvalue weighted by Gasteiger charge is 2.53. The number of hydrogen-bond acceptors (Lipinski definition) is 3. The lowest BCUT2D eigenvalue weighted by Gasteiger charge is -2.40. The van der Waals surface area contributed by atoms with E-state index in [9.17, 15) is 0 Å². The van der Waals surface area contributed by atoms with Gasteiger partial charge in [-0.1, -0.05) is 224 Å². The van der Waals surface area contributed by atoms with Gasteiger partial charge in [-0.25, -0.2) is 0 Å². The van der Waals surface area contributed by atoms with E-state index in [0.717, 1.165) is 33.9 Å². The molecule has 0 fully saturated rings. The number of fused-ring (bicyclic) bond motifs is 21. The average Bonchev–Trinajstić information content (AvgIpc) is 4.31. The smallest absolute Gasteiger partial charge is 0.0736 e. The molecule has 0 unspecified atom stereocenters. The minimum Gasteiger partial charge on any atom is -0.310 e. The first-order valence-electron chi connectivity index (χ1n) is 26.9. The summed E-state index contributed by atoms with van der Waals surface area (Å²) in [7, 11) is 0. The number of hydrogen-bond donors (Lipinski definition) is 0. The van der Waals surface area contributed by atoms with Crippen LogP contribution in [0.3, 0.4) is 0 Å². The summed E-state index contributed by atoms with van der Waals surface area (Å²) in [6.45, 7) is 0. The Morgan fingerprint density at radius 1 is 0.295 bits per heavy atom. The maximum atomic E-state index is 2.58. The molecular formula is C74H46N2S2. The van der Waals surface area contributed by atoms with Crippen LogP contribution >= 0.6 is 23.5 Å². The number of aromatic nitrogens is 1. The maximum Gasteiger partial charge on any atom is 0.0736 e. The number of rotatable bonds is 5. The zero-order valence-corrected chi connectivity index (χ0v) is 43.9. The second-order valence-corrected chi connectivity index (χ2v) is 23.2. The van der Waals surface area contributed by atoms with Gasteiger partial charge in [0, 0.05) is 53.0 Å². The molecule has 2 aliphatic carbocycles. The minimum absolute atomic E-state index is 0.530. The lowest BCUT2D eigenvalue weighted by atomic mass is 9.67. The van der Waals surface area contributed by atoms with Crippen molar-refractivity contribution >= 4 is 62.4 Å². The van der Waals surface area contributed by atoms with Gasteiger partial charge in [0.15, 0.2) is 0 Å². The Balaban J connectivity index is 0.945. The van der Waals surface area contributed by atoms with Crippen molar-refractivity contribution in [2.24, 2.45) is 0 Å². The van der Waals surface area contributed by atoms with E-state index in [0.29, 0.717) is 0 Å². The number of para-hydroxylation sites is 2. The number of nitrogens with zero attached hydrogens (tertiary/aromatic N) is 2. The SMILES string of the molecule is c1ccc(-n2c3ccccc3c3ccc(-c4cccc(N(c5ccc6c(c5)C5(c7ccccc7Sc7ccccc75)c5ccccc5-6)c5cccc6c5-c5ccccc5C65c6ccccc6Sc6ccccc65)c4)cc32)cc1. The first-order chi connectivity index (χ1) is 38.7. The molecule has 0 N–H and O–H groups in total. The van der Waals surface area contributed by atoms with Gasteiger partial charge in [0.25, 0.3) is 0 Å². The predicted molar refractivity (Wildman–Crippen MR) is 324 cm³/mol. The lowest BCUT2D eigenvalue weighted by Crippen LogP contribution is -2.32. The van der Waals surface area contributed by atoms with Crippen LogP contribution in [0, 0.1) is 0 Å². The van der Waals surface area contributed by atoms with Crippen LogP contribution in [-0.4, -0.2) is 4.57 Å². The van der Waals surface area contributed by atoms with Crippen LogP contribution in [0.5, 0.6) is 0 Å². The molecule has 2 spiro atoms. The zero-order valence-electron chi connectivity index (χ0n) is 42.3. The highest BCUT2D eigenvalue weighted by molar-refractivity contribution is 7.99. The van der Waals surface area contributed by atoms with Crippen LogP contribution in [0.1, 0.15) is 44.5 Å². The van der Waals surface area contributed by atoms with Crippen LogP contribution in [0.15, 0.2) is 299 Å². The van der Waals surface area contributed by atoms with Crippen molar-refractivity contribution < 1.29 is 0 Å². The molecule has 4 aliphatic rings. The summed E-state index contributed by atoms with van der Waals surface area (Å²) in [5.74, 6) is 0. The van der Waals surface area contributed by atoms with Crippen LogP contribution in [0.25, 0.3) is 60.9 Å². The van der Waals surface area contributed by atoms with Gasteiger partial charge >= 0.3 is 0 Å². The van der Waals surface area contributed by atoms with Crippen molar-refractivity contribution in [3.05, 3.63) is 324 Å². The van der Waals surface area contributed by atoms with Gasteiger partial charge in [-0.2, -0.15) is 0 Å². The van der Waals surface area contributed by atoms with Gasteiger partial charge in [-0.15, -0.1) is 0 Å². The molecule has 4 heteroatoms. The third kappa shape index (κ3) is 5.91. The highest BCUT2D eigenvalue weighted by atomic mass is 32.2. The van der Waals surface area contributed by atoms with E-state index in [-0.39, 0.29) is 0 Å². The molecule has 364 valence electrons. The van der Waals surface area contributed by atoms with Crippen molar-refractivity contribution in [3.63, 3.8) is 0 Å². The second-order valence-electron chi connectivity index (χ2n) is 21.0. The van der Waals surface area contributed by atoms with Crippen molar-refractivity contribution in [3.8, 4) is 39.1 Å². The zero-order chi connectivity index (χ0) is 51.1. The summed E-state index contributed by atoms with van der Waals surface area (Å²) in [5, 5.41) is 2.49. The van der Waals surface area contributed by atoms with Crippen LogP contribution in [-0.2, 0) is 10.8 Å². The summed E-state index contributed by atoms with van der Waals surface area (Å²) < 4.78 is 2.42. The van der Waals surface area contributed by atoms with Gasteiger partial charge in [0.1, 0.15) is 0 Å². The van der Waals surface area contributed by atoms with Crippen LogP contribution in [0.4, 0.5) is 17.1 Å². The van der Waals surface area contributed by atoms with Gasteiger partial charge < -0.3 is 9.47 Å². The maximum absolute atomic E-state index is 2.58. The van der Waals surface area contributed by atoms with E-state index in [2.05, 4.69) is 289 Å². The van der Waals surface area contributed by atoms with Gasteiger partial charge in [-0.05, 0) is 151 Å². The van der Waals surface area contributed by atoms with Crippen molar-refractivity contribution in [1.29, 1.82) is 0 Å². The lowest BCUT2D eigenvalue weighted by molar-refractivity contribution is 0.722. The Bertz CT molecular complexity index is 4570. The molecule has 0 bridgehead atoms. The van der Waals surface area contributed by atoms with E-state index >= 15 is 0 Å². The molecular weight excluding hydrogens is 981 g/mol. The number of benzene rings is 12. The standard InChI is InChI=1S/C74H46N2S2/c1-2-21-49(22-3-1)76-65-34-13-6-25-54(65)55-42-40-48(45-67(55)76)47-20-18-23-50(44-47)75(51-41-43-53-52-24-4-7-27-57(52)74(64(53)46-51)61-31-11-16-38-70(61)78-71-39-17-12-32-62(71)74)66-35-19-33-63-72(66)56-26-5-8-28-58(56)73(63)59-29-9-14-36-68(59)77-69-37-15-10-30-60(69)73/h1-46H. The molecule has 17 rings (SSSR count). The van der Waals surface area contributed by atoms with E-state index < -0.39 is 10.8 Å². The Morgan fingerprint density at radius 2 is 0.782 bits per heavy atom. The van der Waals surface area contributed by atoms with Crippen molar-refractivity contribution in [2.75, 3.05) is 4.90 Å². The van der Waals surface area contributed by atoms with Crippen molar-refractivity contribution in [2.45, 2.75) is 30.4 Å². The molecule has 3 heterocycles. The first-order valence-corrected chi connectivity index (χ1v) is 28.5. The Morgan fingerprint density at radius 3 is 1.46 bits per heavy atom. The summed E-state index contributed by atoms with van der Waals surface area (Å²) in [4.78, 5) is 7.77. The largest absolute Gasteiger partial charge is 0.310 e. The molecule has 0 saturated heterocycles. The summed E-state index contributed by atoms with van der Waals surface area (Å²) in [5.41, 5.74) is 23.8. The van der Waals surface area contributed by atoms with E-state index in [1.165, 1.54) is 108 Å². The van der Waals surface area contributed by atoms with E-state index in [1.807, 2.05) is 23.5 Å². The molecule has 0 amide bonds. The Hall–Kier alpha value is -9.06. The Labute approximate surface area is 461 Å². The molecule has 12 aromatic carbocycles. The van der Waals surface area contributed by atoms with Gasteiger partial charge in [-0.3, -0.25) is 0 Å². The molecule has 13 aromatic rings. The average molecular weight is 1030 g/mol. The van der Waals surface area contributed by atoms with Crippen LogP contribution in [0.2, 0.25) is 0 Å². The van der Waals surface area contributed by atoms with E-state index in [1.54, 1.807) is 0 Å². The predicted octanol–water partition coefficient (Wildman–Crippen LogP) is 19.6. The third-order valence-electron chi connectivity index (χ3n) is 17.3. The normalized spacial score (nSPS) is 14.3. The first kappa shape index (κ1) is 44.1. The number of anilines is 3. The molecule has 2 nitrogen and oxygen atoms in total. The van der Waals surface area contributed by atoms with Gasteiger partial charge in [0.2, 0.25) is 0 Å². The molecule has 0 atom stereocenters. The van der Waals surface area contributed by atoms with Gasteiger partial charge in [0.05, 0.1) is 27.6 Å². The fourth-order valence-corrected chi connectivity index (χ4v) is 16.7. The summed E-state index contributed by atoms with van der Waals surface area (Å²) in [6.07, 6.45) is 0. The van der Waals surface area contributed by atoms with E-state index in [4.69, 9.17) is 0 Å². The topological polar surface area (TPSA) is 8.17 Å². The second kappa shape index (κ2) is 16.7. The quantitative estimate of drug-likeness (QED) is 0.170. The Kier molecular flexibility index (Phi) is 9.45. The monoisotopic (exact) mass is 1030 g/mol. The molecule has 2 aliphatic heterocycles. The molecule has 0 saturated carbocycles. The molecule has 1 aromatic heterocycles. The third-order valence-corrected chi connectivity index (χ3v) is 19.6. The molecule has 78 heavy (non-hydrogen) atoms. The van der Waals surface area contributed by atoms with Crippen LogP contribution < -0.4 is 4.90 Å². The molecule has 0 radical (unpaired) electrons. The fraction of sp³-hybridized carbons (Fsp3) is 0.0270. The minimum atomic E-state index is -0.539.